The van der Waals surface area contributed by atoms with Crippen LogP contribution in [-0.4, -0.2) is 24.5 Å². The van der Waals surface area contributed by atoms with Crippen molar-refractivity contribution in [2.45, 2.75) is 25.8 Å². The zero-order valence-electron chi connectivity index (χ0n) is 8.61. The third kappa shape index (κ3) is 0.969. The predicted molar refractivity (Wildman–Crippen MR) is 54.4 cm³/mol. The topological polar surface area (TPSA) is 3.24 Å². The van der Waals surface area contributed by atoms with Crippen LogP contribution in [0.15, 0.2) is 12.2 Å². The molecule has 1 heterocycles. The largest absolute Gasteiger partial charge is 0.303 e. The van der Waals surface area contributed by atoms with Crippen molar-refractivity contribution in [3.05, 3.63) is 12.2 Å². The van der Waals surface area contributed by atoms with Crippen LogP contribution in [0.4, 0.5) is 0 Å². The van der Waals surface area contributed by atoms with E-state index in [-0.39, 0.29) is 0 Å². The molecular weight excluding hydrogens is 158 g/mol. The summed E-state index contributed by atoms with van der Waals surface area (Å²) in [7, 11) is 2.29. The predicted octanol–water partition coefficient (Wildman–Crippen LogP) is 2.15. The molecule has 13 heavy (non-hydrogen) atoms. The second-order valence-electron chi connectivity index (χ2n) is 5.24. The van der Waals surface area contributed by atoms with Gasteiger partial charge in [-0.15, -0.1) is 0 Å². The highest BCUT2D eigenvalue weighted by Gasteiger charge is 2.50. The van der Waals surface area contributed by atoms with Gasteiger partial charge in [0.05, 0.1) is 0 Å². The van der Waals surface area contributed by atoms with E-state index >= 15 is 0 Å². The molecule has 5 atom stereocenters. The average Bonchev–Trinajstić information content (AvgIpc) is 2.55. The highest BCUT2D eigenvalue weighted by atomic mass is 15.2. The van der Waals surface area contributed by atoms with Crippen LogP contribution in [0.25, 0.3) is 0 Å². The Kier molecular flexibility index (Phi) is 1.61. The molecule has 1 saturated heterocycles. The zero-order valence-corrected chi connectivity index (χ0v) is 8.61. The Balaban J connectivity index is 1.93. The summed E-state index contributed by atoms with van der Waals surface area (Å²) in [5.74, 6) is 3.94. The van der Waals surface area contributed by atoms with Crippen LogP contribution in [0.2, 0.25) is 0 Å². The summed E-state index contributed by atoms with van der Waals surface area (Å²) in [6.07, 6.45) is 7.78. The third-order valence-corrected chi connectivity index (χ3v) is 4.74. The van der Waals surface area contributed by atoms with Crippen molar-refractivity contribution in [3.63, 3.8) is 0 Å². The number of fused-ring (bicyclic) bond motifs is 5. The number of rotatable bonds is 0. The van der Waals surface area contributed by atoms with Gasteiger partial charge in [-0.3, -0.25) is 0 Å². The van der Waals surface area contributed by atoms with Gasteiger partial charge in [0.1, 0.15) is 0 Å². The van der Waals surface area contributed by atoms with Gasteiger partial charge in [0.15, 0.2) is 0 Å². The first-order valence-corrected chi connectivity index (χ1v) is 5.64. The van der Waals surface area contributed by atoms with Crippen LogP contribution in [0, 0.1) is 23.7 Å². The van der Waals surface area contributed by atoms with Crippen LogP contribution in [0.5, 0.6) is 0 Å². The van der Waals surface area contributed by atoms with Gasteiger partial charge in [-0.2, -0.15) is 0 Å². The van der Waals surface area contributed by atoms with Crippen molar-refractivity contribution in [3.8, 4) is 0 Å². The maximum atomic E-state index is 2.56. The van der Waals surface area contributed by atoms with Crippen LogP contribution in [-0.2, 0) is 0 Å². The molecule has 0 aromatic heterocycles. The lowest BCUT2D eigenvalue weighted by Gasteiger charge is -2.24. The number of hydrogen-bond acceptors (Lipinski definition) is 1. The van der Waals surface area contributed by atoms with E-state index in [9.17, 15) is 0 Å². The first-order valence-electron chi connectivity index (χ1n) is 5.64. The Morgan fingerprint density at radius 3 is 3.08 bits per heavy atom. The molecule has 1 heteroatoms. The first-order chi connectivity index (χ1) is 6.27. The van der Waals surface area contributed by atoms with E-state index in [0.29, 0.717) is 0 Å². The van der Waals surface area contributed by atoms with Crippen molar-refractivity contribution in [1.82, 2.24) is 4.90 Å². The monoisotopic (exact) mass is 177 g/mol. The van der Waals surface area contributed by atoms with Gasteiger partial charge in [0.25, 0.3) is 0 Å². The van der Waals surface area contributed by atoms with Gasteiger partial charge in [0, 0.05) is 12.6 Å². The lowest BCUT2D eigenvalue weighted by atomic mass is 9.87. The normalized spacial score (nSPS) is 54.2. The minimum Gasteiger partial charge on any atom is -0.303 e. The Hall–Kier alpha value is -0.300. The van der Waals surface area contributed by atoms with Crippen molar-refractivity contribution < 1.29 is 0 Å². The molecule has 0 N–H and O–H groups in total. The lowest BCUT2D eigenvalue weighted by molar-refractivity contribution is 0.260. The molecular formula is C12H19N. The van der Waals surface area contributed by atoms with Crippen LogP contribution < -0.4 is 0 Å². The van der Waals surface area contributed by atoms with Crippen molar-refractivity contribution in [2.24, 2.45) is 23.7 Å². The van der Waals surface area contributed by atoms with Gasteiger partial charge >= 0.3 is 0 Å². The molecule has 5 unspecified atom stereocenters. The molecule has 0 spiro atoms. The first kappa shape index (κ1) is 8.05. The van der Waals surface area contributed by atoms with E-state index in [1.165, 1.54) is 19.4 Å². The molecule has 0 radical (unpaired) electrons. The molecule has 1 aliphatic heterocycles. The summed E-state index contributed by atoms with van der Waals surface area (Å²) in [5.41, 5.74) is 0. The number of nitrogens with zero attached hydrogens (tertiary/aromatic N) is 1. The molecule has 0 amide bonds. The summed E-state index contributed by atoms with van der Waals surface area (Å²) < 4.78 is 0. The van der Waals surface area contributed by atoms with E-state index in [1.54, 1.807) is 0 Å². The van der Waals surface area contributed by atoms with Crippen LogP contribution >= 0.6 is 0 Å². The maximum Gasteiger partial charge on any atom is 0.0101 e. The Labute approximate surface area is 80.8 Å². The summed E-state index contributed by atoms with van der Waals surface area (Å²) in [6.45, 7) is 3.77. The smallest absolute Gasteiger partial charge is 0.0101 e. The maximum absolute atomic E-state index is 2.56. The quantitative estimate of drug-likeness (QED) is 0.512. The Morgan fingerprint density at radius 1 is 1.38 bits per heavy atom. The Bertz CT molecular complexity index is 246. The summed E-state index contributed by atoms with van der Waals surface area (Å²) in [6, 6.07) is 0.822. The molecule has 1 saturated carbocycles. The van der Waals surface area contributed by atoms with Crippen molar-refractivity contribution in [2.75, 3.05) is 13.6 Å². The van der Waals surface area contributed by atoms with Crippen molar-refractivity contribution >= 4 is 0 Å². The van der Waals surface area contributed by atoms with E-state index in [2.05, 4.69) is 31.0 Å². The van der Waals surface area contributed by atoms with E-state index in [0.717, 1.165) is 29.7 Å². The number of hydrogen-bond donors (Lipinski definition) is 0. The van der Waals surface area contributed by atoms with Crippen LogP contribution in [0.1, 0.15) is 19.8 Å². The minimum atomic E-state index is 0.822. The van der Waals surface area contributed by atoms with Gasteiger partial charge < -0.3 is 4.90 Å². The molecule has 0 aromatic carbocycles. The second kappa shape index (κ2) is 2.60. The van der Waals surface area contributed by atoms with Gasteiger partial charge in [0.2, 0.25) is 0 Å². The minimum absolute atomic E-state index is 0.822. The SMILES string of the molecule is CC1C2C3C=CCC(C3)C2CN1C. The van der Waals surface area contributed by atoms with Gasteiger partial charge in [-0.1, -0.05) is 12.2 Å². The molecule has 1 nitrogen and oxygen atoms in total. The number of likely N-dealkylation sites (tertiary alicyclic amines) is 1. The average molecular weight is 177 g/mol. The van der Waals surface area contributed by atoms with Crippen LogP contribution in [0.3, 0.4) is 0 Å². The highest BCUT2D eigenvalue weighted by Crippen LogP contribution is 2.52. The summed E-state index contributed by atoms with van der Waals surface area (Å²) in [4.78, 5) is 2.56. The fraction of sp³-hybridized carbons (Fsp3) is 0.833. The van der Waals surface area contributed by atoms with Gasteiger partial charge in [-0.25, -0.2) is 0 Å². The third-order valence-electron chi connectivity index (χ3n) is 4.74. The fourth-order valence-electron chi connectivity index (χ4n) is 4.00. The summed E-state index contributed by atoms with van der Waals surface area (Å²) >= 11 is 0. The second-order valence-corrected chi connectivity index (χ2v) is 5.24. The van der Waals surface area contributed by atoms with E-state index in [1.807, 2.05) is 0 Å². The summed E-state index contributed by atoms with van der Waals surface area (Å²) in [5, 5.41) is 0. The zero-order chi connectivity index (χ0) is 9.00. The van der Waals surface area contributed by atoms with E-state index in [4.69, 9.17) is 0 Å². The van der Waals surface area contributed by atoms with E-state index < -0.39 is 0 Å². The van der Waals surface area contributed by atoms with Crippen molar-refractivity contribution in [1.29, 1.82) is 0 Å². The standard InChI is InChI=1S/C12H19N/c1-8-12-10-5-3-4-9(6-10)11(12)7-13(8)2/h3,5,8-12H,4,6-7H2,1-2H3. The number of allylic oxidation sites excluding steroid dienone is 2. The molecule has 72 valence electrons. The molecule has 3 rings (SSSR count). The molecule has 2 bridgehead atoms. The Morgan fingerprint density at radius 2 is 2.23 bits per heavy atom. The highest BCUT2D eigenvalue weighted by molar-refractivity contribution is 5.12. The fourth-order valence-corrected chi connectivity index (χ4v) is 4.00. The lowest BCUT2D eigenvalue weighted by Crippen LogP contribution is -2.28. The molecule has 2 aliphatic carbocycles. The molecule has 2 fully saturated rings. The molecule has 0 aromatic rings. The molecule has 3 aliphatic rings. The van der Waals surface area contributed by atoms with Gasteiger partial charge in [-0.05, 0) is 50.5 Å².